The van der Waals surface area contributed by atoms with Gasteiger partial charge in [0.15, 0.2) is 0 Å². The van der Waals surface area contributed by atoms with Crippen LogP contribution in [0.1, 0.15) is 0 Å². The Bertz CT molecular complexity index is 3980. The van der Waals surface area contributed by atoms with Gasteiger partial charge in [-0.15, -0.1) is 11.3 Å². The highest BCUT2D eigenvalue weighted by molar-refractivity contribution is 7.26. The monoisotopic (exact) mass is 855 g/mol. The van der Waals surface area contributed by atoms with Gasteiger partial charge in [0.05, 0.1) is 5.69 Å². The first kappa shape index (κ1) is 38.2. The van der Waals surface area contributed by atoms with Gasteiger partial charge in [-0.1, -0.05) is 200 Å². The molecule has 0 aliphatic rings. The lowest BCUT2D eigenvalue weighted by molar-refractivity contribution is 1.30. The zero-order valence-corrected chi connectivity index (χ0v) is 36.8. The molecule has 0 bridgehead atoms. The molecule has 0 N–H and O–H groups in total. The smallest absolute Gasteiger partial charge is 0.0554 e. The van der Waals surface area contributed by atoms with Crippen LogP contribution >= 0.6 is 11.3 Å². The van der Waals surface area contributed by atoms with E-state index in [1.54, 1.807) is 0 Å². The van der Waals surface area contributed by atoms with Crippen LogP contribution in [-0.2, 0) is 0 Å². The van der Waals surface area contributed by atoms with Crippen molar-refractivity contribution in [3.63, 3.8) is 0 Å². The zero-order chi connectivity index (χ0) is 43.6. The van der Waals surface area contributed by atoms with Gasteiger partial charge in [-0.3, -0.25) is 0 Å². The van der Waals surface area contributed by atoms with Crippen LogP contribution in [-0.4, -0.2) is 0 Å². The maximum Gasteiger partial charge on any atom is 0.0554 e. The predicted molar refractivity (Wildman–Crippen MR) is 286 cm³/mol. The quantitative estimate of drug-likeness (QED) is 0.144. The Hall–Kier alpha value is -8.30. The summed E-state index contributed by atoms with van der Waals surface area (Å²) in [7, 11) is 0. The molecule has 12 aromatic carbocycles. The molecule has 2 heteroatoms. The summed E-state index contributed by atoms with van der Waals surface area (Å²) in [6, 6.07) is 91.6. The molecule has 1 heterocycles. The zero-order valence-electron chi connectivity index (χ0n) is 36.0. The molecule has 13 aromatic rings. The van der Waals surface area contributed by atoms with E-state index in [9.17, 15) is 0 Å². The van der Waals surface area contributed by atoms with Crippen molar-refractivity contribution >= 4 is 91.7 Å². The van der Waals surface area contributed by atoms with Crippen LogP contribution in [0.2, 0.25) is 0 Å². The van der Waals surface area contributed by atoms with E-state index >= 15 is 0 Å². The molecular weight excluding hydrogens is 815 g/mol. The topological polar surface area (TPSA) is 3.24 Å². The summed E-state index contributed by atoms with van der Waals surface area (Å²) < 4.78 is 2.57. The molecule has 0 atom stereocenters. The first-order chi connectivity index (χ1) is 32.7. The number of fused-ring (bicyclic) bond motifs is 9. The molecule has 0 amide bonds. The maximum atomic E-state index is 2.46. The predicted octanol–water partition coefficient (Wildman–Crippen LogP) is 18.8. The van der Waals surface area contributed by atoms with E-state index in [1.165, 1.54) is 102 Å². The van der Waals surface area contributed by atoms with Crippen LogP contribution in [0.3, 0.4) is 0 Å². The summed E-state index contributed by atoms with van der Waals surface area (Å²) in [5.74, 6) is 0. The summed E-state index contributed by atoms with van der Waals surface area (Å²) in [5, 5.41) is 12.6. The minimum Gasteiger partial charge on any atom is -0.310 e. The number of nitrogens with zero attached hydrogens (tertiary/aromatic N) is 1. The molecule has 0 saturated heterocycles. The minimum absolute atomic E-state index is 1.10. The average Bonchev–Trinajstić information content (AvgIpc) is 3.78. The van der Waals surface area contributed by atoms with Crippen molar-refractivity contribution in [2.75, 3.05) is 4.90 Å². The number of hydrogen-bond acceptors (Lipinski definition) is 2. The Kier molecular flexibility index (Phi) is 9.11. The lowest BCUT2D eigenvalue weighted by Gasteiger charge is -2.27. The van der Waals surface area contributed by atoms with Gasteiger partial charge in [0.25, 0.3) is 0 Å². The molecule has 0 spiro atoms. The third kappa shape index (κ3) is 6.30. The van der Waals surface area contributed by atoms with Crippen molar-refractivity contribution in [1.29, 1.82) is 0 Å². The number of anilines is 3. The minimum atomic E-state index is 1.10. The Labute approximate surface area is 387 Å². The first-order valence-corrected chi connectivity index (χ1v) is 23.5. The Morgan fingerprint density at radius 1 is 0.273 bits per heavy atom. The van der Waals surface area contributed by atoms with E-state index in [1.807, 2.05) is 11.3 Å². The molecule has 1 nitrogen and oxygen atoms in total. The second kappa shape index (κ2) is 15.7. The standard InChI is InChI=1S/C64H41NS/c1-3-17-44(18-4-1)62-56-25-10-9-24-53(56)55-39-35-47(41-58(55)63(62)45-19-5-2-6-20-45)46-21-13-22-49(40-46)65(59-29-15-31-61-64(59)57-26-11-12-30-60(57)66-61)48-36-32-43(33-37-48)51-27-14-28-52-50-23-8-7-16-42(50)34-38-54(51)52/h1-41H. The molecule has 0 aliphatic carbocycles. The van der Waals surface area contributed by atoms with E-state index in [2.05, 4.69) is 254 Å². The van der Waals surface area contributed by atoms with Crippen molar-refractivity contribution in [3.8, 4) is 44.5 Å². The second-order valence-electron chi connectivity index (χ2n) is 17.2. The van der Waals surface area contributed by atoms with Crippen LogP contribution in [0.25, 0.3) is 108 Å². The Balaban J connectivity index is 1.00. The average molecular weight is 856 g/mol. The summed E-state index contributed by atoms with van der Waals surface area (Å²) >= 11 is 1.86. The number of hydrogen-bond donors (Lipinski definition) is 0. The van der Waals surface area contributed by atoms with Gasteiger partial charge < -0.3 is 4.90 Å². The lowest BCUT2D eigenvalue weighted by Crippen LogP contribution is -2.10. The van der Waals surface area contributed by atoms with Crippen molar-refractivity contribution < 1.29 is 0 Å². The fraction of sp³-hybridized carbons (Fsp3) is 0. The molecule has 0 saturated carbocycles. The highest BCUT2D eigenvalue weighted by atomic mass is 32.1. The maximum absolute atomic E-state index is 2.46. The van der Waals surface area contributed by atoms with E-state index in [0.717, 1.165) is 22.6 Å². The molecule has 0 radical (unpaired) electrons. The number of benzene rings is 12. The summed E-state index contributed by atoms with van der Waals surface area (Å²) in [6.45, 7) is 0. The first-order valence-electron chi connectivity index (χ1n) is 22.7. The summed E-state index contributed by atoms with van der Waals surface area (Å²) in [4.78, 5) is 2.46. The summed E-state index contributed by atoms with van der Waals surface area (Å²) in [6.07, 6.45) is 0. The summed E-state index contributed by atoms with van der Waals surface area (Å²) in [5.41, 5.74) is 13.1. The number of thiophene rings is 1. The van der Waals surface area contributed by atoms with Crippen LogP contribution in [0.4, 0.5) is 17.1 Å². The van der Waals surface area contributed by atoms with E-state index < -0.39 is 0 Å². The van der Waals surface area contributed by atoms with Gasteiger partial charge in [0, 0.05) is 31.5 Å². The fourth-order valence-corrected chi connectivity index (χ4v) is 11.6. The molecule has 308 valence electrons. The van der Waals surface area contributed by atoms with Gasteiger partial charge in [-0.2, -0.15) is 0 Å². The van der Waals surface area contributed by atoms with Gasteiger partial charge in [0.1, 0.15) is 0 Å². The third-order valence-corrected chi connectivity index (χ3v) is 14.6. The van der Waals surface area contributed by atoms with Crippen molar-refractivity contribution in [1.82, 2.24) is 0 Å². The van der Waals surface area contributed by atoms with Crippen LogP contribution < -0.4 is 4.90 Å². The van der Waals surface area contributed by atoms with Crippen molar-refractivity contribution in [2.24, 2.45) is 0 Å². The molecule has 13 rings (SSSR count). The molecule has 0 unspecified atom stereocenters. The van der Waals surface area contributed by atoms with Gasteiger partial charge >= 0.3 is 0 Å². The molecular formula is C64H41NS. The van der Waals surface area contributed by atoms with Gasteiger partial charge in [-0.05, 0) is 136 Å². The molecule has 1 aromatic heterocycles. The second-order valence-corrected chi connectivity index (χ2v) is 18.2. The highest BCUT2D eigenvalue weighted by Crippen LogP contribution is 2.48. The van der Waals surface area contributed by atoms with Crippen LogP contribution in [0.15, 0.2) is 249 Å². The number of rotatable bonds is 7. The normalized spacial score (nSPS) is 11.6. The lowest BCUT2D eigenvalue weighted by atomic mass is 9.84. The fourth-order valence-electron chi connectivity index (χ4n) is 10.5. The van der Waals surface area contributed by atoms with E-state index in [-0.39, 0.29) is 0 Å². The highest BCUT2D eigenvalue weighted by Gasteiger charge is 2.21. The van der Waals surface area contributed by atoms with Gasteiger partial charge in [0.2, 0.25) is 0 Å². The van der Waals surface area contributed by atoms with Gasteiger partial charge in [-0.25, -0.2) is 0 Å². The molecule has 0 fully saturated rings. The Morgan fingerprint density at radius 3 is 1.62 bits per heavy atom. The van der Waals surface area contributed by atoms with Crippen molar-refractivity contribution in [2.45, 2.75) is 0 Å². The SMILES string of the molecule is c1ccc(-c2c(-c3ccccc3)c3cc(-c4cccc(N(c5ccc(-c6cccc7c6ccc6ccccc67)cc5)c5cccc6sc7ccccc7c56)c4)ccc3c3ccccc23)cc1. The van der Waals surface area contributed by atoms with E-state index in [0.29, 0.717) is 0 Å². The third-order valence-electron chi connectivity index (χ3n) is 13.4. The Morgan fingerprint density at radius 2 is 0.818 bits per heavy atom. The van der Waals surface area contributed by atoms with Crippen LogP contribution in [0.5, 0.6) is 0 Å². The van der Waals surface area contributed by atoms with E-state index in [4.69, 9.17) is 0 Å². The largest absolute Gasteiger partial charge is 0.310 e. The molecule has 0 aliphatic heterocycles. The molecule has 66 heavy (non-hydrogen) atoms. The van der Waals surface area contributed by atoms with Crippen LogP contribution in [0, 0.1) is 0 Å². The van der Waals surface area contributed by atoms with Crippen molar-refractivity contribution in [3.05, 3.63) is 249 Å².